The van der Waals surface area contributed by atoms with Gasteiger partial charge in [0.05, 0.1) is 0 Å². The molecule has 17 heavy (non-hydrogen) atoms. The maximum atomic E-state index is 13.2. The van der Waals surface area contributed by atoms with Crippen molar-refractivity contribution in [2.24, 2.45) is 0 Å². The minimum absolute atomic E-state index is 0.00204. The van der Waals surface area contributed by atoms with Gasteiger partial charge >= 0.3 is 0 Å². The summed E-state index contributed by atoms with van der Waals surface area (Å²) in [6.45, 7) is 0. The summed E-state index contributed by atoms with van der Waals surface area (Å²) in [7, 11) is 0. The van der Waals surface area contributed by atoms with Crippen LogP contribution in [0.25, 0.3) is 0 Å². The molecule has 0 saturated carbocycles. The lowest BCUT2D eigenvalue weighted by molar-refractivity contribution is 0.459. The molecule has 9 heteroatoms. The topological polar surface area (TPSA) is 40.7 Å². The molecule has 0 bridgehead atoms. The molecule has 0 fully saturated rings. The largest absolute Gasteiger partial charge is 0.325 e. The summed E-state index contributed by atoms with van der Waals surface area (Å²) in [5.41, 5.74) is -0.944. The number of aromatic nitrogens is 2. The fraction of sp³-hybridized carbons (Fsp3) is 0. The van der Waals surface area contributed by atoms with Gasteiger partial charge in [-0.2, -0.15) is 0 Å². The van der Waals surface area contributed by atoms with Gasteiger partial charge in [-0.25, -0.2) is 17.6 Å². The summed E-state index contributed by atoms with van der Waals surface area (Å²) >= 11 is 5.56. The molecule has 0 atom stereocenters. The number of hydrogen-bond donors (Lipinski definition) is 2. The van der Waals surface area contributed by atoms with E-state index in [1.54, 1.807) is 0 Å². The van der Waals surface area contributed by atoms with Crippen LogP contribution in [-0.2, 0) is 0 Å². The number of H-pyrrole nitrogens is 1. The van der Waals surface area contributed by atoms with E-state index in [-0.39, 0.29) is 15.2 Å². The number of anilines is 2. The third-order valence-corrected chi connectivity index (χ3v) is 2.79. The fourth-order valence-corrected chi connectivity index (χ4v) is 1.87. The molecule has 2 aromatic rings. The fourth-order valence-electron chi connectivity index (χ4n) is 1.07. The van der Waals surface area contributed by atoms with Gasteiger partial charge in [-0.1, -0.05) is 11.3 Å². The van der Waals surface area contributed by atoms with Crippen LogP contribution < -0.4 is 5.32 Å². The normalized spacial score (nSPS) is 10.6. The van der Waals surface area contributed by atoms with E-state index in [1.165, 1.54) is 0 Å². The first-order chi connectivity index (χ1) is 7.99. The Morgan fingerprint density at radius 2 is 1.76 bits per heavy atom. The van der Waals surface area contributed by atoms with Crippen LogP contribution >= 0.6 is 23.6 Å². The number of benzene rings is 1. The second-order valence-corrected chi connectivity index (χ2v) is 4.55. The van der Waals surface area contributed by atoms with Crippen molar-refractivity contribution >= 4 is 34.4 Å². The van der Waals surface area contributed by atoms with Crippen LogP contribution in [0.15, 0.2) is 6.07 Å². The average Bonchev–Trinajstić information content (AvgIpc) is 2.68. The van der Waals surface area contributed by atoms with Crippen molar-refractivity contribution in [3.05, 3.63) is 33.3 Å². The SMILES string of the molecule is Fc1cc(F)c(F)c(Nc2n[nH]c(=S)s2)c1F. The maximum Gasteiger partial charge on any atom is 0.208 e. The first-order valence-electron chi connectivity index (χ1n) is 4.14. The van der Waals surface area contributed by atoms with Gasteiger partial charge in [0.2, 0.25) is 5.13 Å². The van der Waals surface area contributed by atoms with Crippen LogP contribution in [0.4, 0.5) is 28.4 Å². The van der Waals surface area contributed by atoms with E-state index in [0.29, 0.717) is 0 Å². The van der Waals surface area contributed by atoms with Gasteiger partial charge in [0.25, 0.3) is 0 Å². The zero-order valence-corrected chi connectivity index (χ0v) is 9.49. The molecule has 0 saturated heterocycles. The molecule has 1 aromatic heterocycles. The summed E-state index contributed by atoms with van der Waals surface area (Å²) in [5.74, 6) is -6.04. The van der Waals surface area contributed by atoms with Crippen molar-refractivity contribution in [1.82, 2.24) is 10.2 Å². The second-order valence-electron chi connectivity index (χ2n) is 2.89. The molecule has 0 spiro atoms. The molecule has 90 valence electrons. The van der Waals surface area contributed by atoms with Crippen molar-refractivity contribution in [3.63, 3.8) is 0 Å². The predicted molar refractivity (Wildman–Crippen MR) is 56.9 cm³/mol. The first-order valence-corrected chi connectivity index (χ1v) is 5.37. The predicted octanol–water partition coefficient (Wildman–Crippen LogP) is 3.50. The van der Waals surface area contributed by atoms with E-state index >= 15 is 0 Å². The minimum Gasteiger partial charge on any atom is -0.325 e. The Morgan fingerprint density at radius 3 is 2.24 bits per heavy atom. The Balaban J connectivity index is 2.48. The van der Waals surface area contributed by atoms with Crippen LogP contribution in [0.2, 0.25) is 0 Å². The Bertz CT molecular complexity index is 595. The third kappa shape index (κ3) is 2.29. The smallest absolute Gasteiger partial charge is 0.208 e. The number of halogens is 4. The Morgan fingerprint density at radius 1 is 1.18 bits per heavy atom. The summed E-state index contributed by atoms with van der Waals surface area (Å²) in [6.07, 6.45) is 0. The molecule has 0 unspecified atom stereocenters. The molecular weight excluding hydrogens is 278 g/mol. The number of nitrogens with one attached hydrogen (secondary N) is 2. The van der Waals surface area contributed by atoms with Gasteiger partial charge in [-0.15, -0.1) is 5.10 Å². The summed E-state index contributed by atoms with van der Waals surface area (Å²) in [4.78, 5) is 0. The lowest BCUT2D eigenvalue weighted by Gasteiger charge is -2.06. The highest BCUT2D eigenvalue weighted by atomic mass is 32.1. The van der Waals surface area contributed by atoms with E-state index in [4.69, 9.17) is 12.2 Å². The highest BCUT2D eigenvalue weighted by molar-refractivity contribution is 7.73. The number of hydrogen-bond acceptors (Lipinski definition) is 4. The van der Waals surface area contributed by atoms with Crippen LogP contribution in [0.3, 0.4) is 0 Å². The molecule has 0 aliphatic rings. The van der Waals surface area contributed by atoms with Gasteiger partial charge in [-0.05, 0) is 12.2 Å². The quantitative estimate of drug-likeness (QED) is 0.503. The number of aromatic amines is 1. The number of nitrogens with zero attached hydrogens (tertiary/aromatic N) is 1. The summed E-state index contributed by atoms with van der Waals surface area (Å²) < 4.78 is 52.4. The molecule has 0 aliphatic carbocycles. The summed E-state index contributed by atoms with van der Waals surface area (Å²) in [6, 6.07) is 0.127. The summed E-state index contributed by atoms with van der Waals surface area (Å²) in [5, 5.41) is 8.02. The molecule has 0 aliphatic heterocycles. The molecule has 2 N–H and O–H groups in total. The lowest BCUT2D eigenvalue weighted by Crippen LogP contribution is -2.02. The van der Waals surface area contributed by atoms with Gasteiger partial charge in [0.15, 0.2) is 27.2 Å². The molecule has 3 nitrogen and oxygen atoms in total. The molecule has 0 radical (unpaired) electrons. The minimum atomic E-state index is -1.52. The molecule has 2 rings (SSSR count). The highest BCUT2D eigenvalue weighted by Gasteiger charge is 2.19. The zero-order chi connectivity index (χ0) is 12.6. The van der Waals surface area contributed by atoms with Gasteiger partial charge in [0.1, 0.15) is 5.69 Å². The van der Waals surface area contributed by atoms with Crippen molar-refractivity contribution in [2.75, 3.05) is 5.32 Å². The number of rotatable bonds is 2. The molecule has 1 aromatic carbocycles. The Hall–Kier alpha value is -1.48. The molecule has 0 amide bonds. The van der Waals surface area contributed by atoms with E-state index in [1.807, 2.05) is 0 Å². The van der Waals surface area contributed by atoms with E-state index in [9.17, 15) is 17.6 Å². The van der Waals surface area contributed by atoms with E-state index in [2.05, 4.69) is 15.5 Å². The monoisotopic (exact) mass is 281 g/mol. The average molecular weight is 281 g/mol. The first kappa shape index (κ1) is 12.0. The highest BCUT2D eigenvalue weighted by Crippen LogP contribution is 2.27. The van der Waals surface area contributed by atoms with Gasteiger partial charge < -0.3 is 5.32 Å². The van der Waals surface area contributed by atoms with E-state index in [0.717, 1.165) is 11.3 Å². The second kappa shape index (κ2) is 4.41. The van der Waals surface area contributed by atoms with Crippen LogP contribution in [0.1, 0.15) is 0 Å². The maximum absolute atomic E-state index is 13.2. The van der Waals surface area contributed by atoms with Crippen molar-refractivity contribution in [2.45, 2.75) is 0 Å². The van der Waals surface area contributed by atoms with Crippen LogP contribution in [0, 0.1) is 27.2 Å². The Labute approximate surface area is 101 Å². The third-order valence-electron chi connectivity index (χ3n) is 1.78. The zero-order valence-electron chi connectivity index (χ0n) is 7.85. The molecule has 1 heterocycles. The van der Waals surface area contributed by atoms with Crippen molar-refractivity contribution < 1.29 is 17.6 Å². The van der Waals surface area contributed by atoms with Crippen molar-refractivity contribution in [1.29, 1.82) is 0 Å². The Kier molecular flexibility index (Phi) is 3.11. The van der Waals surface area contributed by atoms with Crippen LogP contribution in [0.5, 0.6) is 0 Å². The van der Waals surface area contributed by atoms with E-state index < -0.39 is 29.0 Å². The van der Waals surface area contributed by atoms with Gasteiger partial charge in [0, 0.05) is 6.07 Å². The standard InChI is InChI=1S/C8H3F4N3S2/c9-2-1-3(10)5(12)6(4(2)11)13-7-14-15-8(16)17-7/h1H,(H,13,14)(H,15,16). The van der Waals surface area contributed by atoms with Gasteiger partial charge in [-0.3, -0.25) is 5.10 Å². The van der Waals surface area contributed by atoms with Crippen LogP contribution in [-0.4, -0.2) is 10.2 Å². The van der Waals surface area contributed by atoms with Crippen molar-refractivity contribution in [3.8, 4) is 0 Å². The molecular formula is C8H3F4N3S2. The lowest BCUT2D eigenvalue weighted by atomic mass is 10.2.